The summed E-state index contributed by atoms with van der Waals surface area (Å²) < 4.78 is 12.6. The van der Waals surface area contributed by atoms with Crippen molar-refractivity contribution < 1.29 is 9.47 Å². The van der Waals surface area contributed by atoms with E-state index < -0.39 is 0 Å². The average molecular weight is 385 g/mol. The normalized spacial score (nSPS) is 14.7. The predicted molar refractivity (Wildman–Crippen MR) is 103 cm³/mol. The maximum absolute atomic E-state index is 5.69. The Kier molecular flexibility index (Phi) is 5.25. The molecule has 0 amide bonds. The molecule has 140 valence electrons. The van der Waals surface area contributed by atoms with Crippen LogP contribution in [0, 0.1) is 0 Å². The highest BCUT2D eigenvalue weighted by molar-refractivity contribution is 6.29. The first-order valence-corrected chi connectivity index (χ1v) is 9.47. The van der Waals surface area contributed by atoms with Crippen molar-refractivity contribution in [1.29, 1.82) is 0 Å². The van der Waals surface area contributed by atoms with Gasteiger partial charge in [-0.3, -0.25) is 4.68 Å². The van der Waals surface area contributed by atoms with Crippen LogP contribution in [0.4, 0.5) is 0 Å². The lowest BCUT2D eigenvalue weighted by atomic mass is 10.1. The molecule has 0 fully saturated rings. The molecule has 0 radical (unpaired) electrons. The van der Waals surface area contributed by atoms with Gasteiger partial charge in [0.25, 0.3) is 0 Å². The summed E-state index contributed by atoms with van der Waals surface area (Å²) >= 11 is 5.69. The minimum atomic E-state index is 0.505. The smallest absolute Gasteiger partial charge is 0.217 e. The standard InChI is InChI=1S/C12H13N3O.C8H8ClNO/c1-15-8-10(7-13-15)11-5-4-9-3-2-6-16-12(9)14-11;9-7-4-3-6-2-1-5-11-8(6)10-7/h4-5,7-8H,2-3,6H2,1H3;3-4H,1-2,5H2. The molecule has 3 aromatic heterocycles. The van der Waals surface area contributed by atoms with E-state index in [1.165, 1.54) is 11.1 Å². The summed E-state index contributed by atoms with van der Waals surface area (Å²) in [5, 5.41) is 4.65. The van der Waals surface area contributed by atoms with Crippen molar-refractivity contribution in [2.75, 3.05) is 13.2 Å². The van der Waals surface area contributed by atoms with E-state index >= 15 is 0 Å². The van der Waals surface area contributed by atoms with E-state index in [0.717, 1.165) is 56.0 Å². The molecule has 0 unspecified atom stereocenters. The van der Waals surface area contributed by atoms with Crippen LogP contribution in [0.25, 0.3) is 11.3 Å². The van der Waals surface area contributed by atoms with Gasteiger partial charge < -0.3 is 9.47 Å². The van der Waals surface area contributed by atoms with Gasteiger partial charge in [0.15, 0.2) is 0 Å². The van der Waals surface area contributed by atoms with Crippen LogP contribution in [-0.4, -0.2) is 33.0 Å². The summed E-state index contributed by atoms with van der Waals surface area (Å²) in [7, 11) is 1.90. The second-order valence-corrected chi connectivity index (χ2v) is 6.95. The Bertz CT molecular complexity index is 941. The third-order valence-corrected chi connectivity index (χ3v) is 4.71. The SMILES string of the molecule is Clc1ccc2c(n1)OCCC2.Cn1cc(-c2ccc3c(n2)OCCC3)cn1. The number of aromatic nitrogens is 4. The molecule has 0 saturated heterocycles. The summed E-state index contributed by atoms with van der Waals surface area (Å²) in [6.07, 6.45) is 8.06. The highest BCUT2D eigenvalue weighted by Gasteiger charge is 2.13. The molecule has 5 rings (SSSR count). The Morgan fingerprint density at radius 1 is 0.926 bits per heavy atom. The predicted octanol–water partition coefficient (Wildman–Crippen LogP) is 3.87. The molecular formula is C20H21ClN4O2. The number of nitrogens with zero attached hydrogens (tertiary/aromatic N) is 4. The molecular weight excluding hydrogens is 364 g/mol. The summed E-state index contributed by atoms with van der Waals surface area (Å²) in [6, 6.07) is 7.91. The molecule has 0 spiro atoms. The number of aryl methyl sites for hydroxylation is 3. The van der Waals surface area contributed by atoms with Gasteiger partial charge in [-0.25, -0.2) is 9.97 Å². The highest BCUT2D eigenvalue weighted by Crippen LogP contribution is 2.26. The molecule has 0 bridgehead atoms. The molecule has 0 aliphatic carbocycles. The van der Waals surface area contributed by atoms with Crippen molar-refractivity contribution in [3.8, 4) is 23.0 Å². The maximum atomic E-state index is 5.69. The van der Waals surface area contributed by atoms with Crippen LogP contribution in [0.2, 0.25) is 5.15 Å². The second-order valence-electron chi connectivity index (χ2n) is 6.57. The van der Waals surface area contributed by atoms with E-state index in [1.807, 2.05) is 31.6 Å². The fourth-order valence-electron chi connectivity index (χ4n) is 3.12. The minimum Gasteiger partial charge on any atom is -0.477 e. The Morgan fingerprint density at radius 2 is 1.59 bits per heavy atom. The van der Waals surface area contributed by atoms with Gasteiger partial charge in [-0.2, -0.15) is 5.10 Å². The Hall–Kier alpha value is -2.60. The summed E-state index contributed by atoms with van der Waals surface area (Å²) in [5.74, 6) is 1.50. The van der Waals surface area contributed by atoms with Crippen molar-refractivity contribution in [3.63, 3.8) is 0 Å². The van der Waals surface area contributed by atoms with E-state index in [0.29, 0.717) is 11.0 Å². The second kappa shape index (κ2) is 7.96. The van der Waals surface area contributed by atoms with Gasteiger partial charge in [-0.15, -0.1) is 0 Å². The number of hydrogen-bond acceptors (Lipinski definition) is 5. The summed E-state index contributed by atoms with van der Waals surface area (Å²) in [4.78, 5) is 8.58. The zero-order valence-corrected chi connectivity index (χ0v) is 15.9. The van der Waals surface area contributed by atoms with E-state index in [1.54, 1.807) is 10.7 Å². The Balaban J connectivity index is 0.000000143. The third kappa shape index (κ3) is 4.22. The van der Waals surface area contributed by atoms with Crippen molar-refractivity contribution >= 4 is 11.6 Å². The maximum Gasteiger partial charge on any atom is 0.217 e. The molecule has 2 aliphatic rings. The van der Waals surface area contributed by atoms with Crippen LogP contribution in [0.5, 0.6) is 11.8 Å². The topological polar surface area (TPSA) is 62.1 Å². The number of hydrogen-bond donors (Lipinski definition) is 0. The Labute approximate surface area is 163 Å². The van der Waals surface area contributed by atoms with Crippen LogP contribution in [0.15, 0.2) is 36.7 Å². The lowest BCUT2D eigenvalue weighted by Gasteiger charge is -2.16. The number of fused-ring (bicyclic) bond motifs is 2. The van der Waals surface area contributed by atoms with Crippen LogP contribution in [0.3, 0.4) is 0 Å². The number of halogens is 1. The zero-order valence-electron chi connectivity index (χ0n) is 15.2. The van der Waals surface area contributed by atoms with Crippen molar-refractivity contribution in [1.82, 2.24) is 19.7 Å². The van der Waals surface area contributed by atoms with Gasteiger partial charge in [0.1, 0.15) is 5.15 Å². The molecule has 0 atom stereocenters. The molecule has 2 aliphatic heterocycles. The van der Waals surface area contributed by atoms with Gasteiger partial charge in [0.2, 0.25) is 11.8 Å². The van der Waals surface area contributed by atoms with Gasteiger partial charge in [0.05, 0.1) is 25.1 Å². The van der Waals surface area contributed by atoms with E-state index in [4.69, 9.17) is 21.1 Å². The molecule has 7 heteroatoms. The fourth-order valence-corrected chi connectivity index (χ4v) is 3.26. The first-order valence-electron chi connectivity index (χ1n) is 9.09. The van der Waals surface area contributed by atoms with Crippen molar-refractivity contribution in [2.45, 2.75) is 25.7 Å². The number of ether oxygens (including phenoxy) is 2. The minimum absolute atomic E-state index is 0.505. The van der Waals surface area contributed by atoms with Gasteiger partial charge in [0, 0.05) is 29.9 Å². The first-order chi connectivity index (χ1) is 13.2. The van der Waals surface area contributed by atoms with Crippen molar-refractivity contribution in [3.05, 3.63) is 52.9 Å². The van der Waals surface area contributed by atoms with Crippen molar-refractivity contribution in [2.24, 2.45) is 7.05 Å². The molecule has 0 aromatic carbocycles. The lowest BCUT2D eigenvalue weighted by Crippen LogP contribution is -2.09. The summed E-state index contributed by atoms with van der Waals surface area (Å²) in [6.45, 7) is 1.54. The monoisotopic (exact) mass is 384 g/mol. The number of rotatable bonds is 1. The highest BCUT2D eigenvalue weighted by atomic mass is 35.5. The summed E-state index contributed by atoms with van der Waals surface area (Å²) in [5.41, 5.74) is 4.33. The number of pyridine rings is 2. The van der Waals surface area contributed by atoms with Crippen LogP contribution >= 0.6 is 11.6 Å². The molecule has 5 heterocycles. The van der Waals surface area contributed by atoms with Crippen LogP contribution in [0.1, 0.15) is 24.0 Å². The molecule has 0 saturated carbocycles. The third-order valence-electron chi connectivity index (χ3n) is 4.50. The molecule has 3 aromatic rings. The van der Waals surface area contributed by atoms with Gasteiger partial charge in [-0.05, 0) is 37.8 Å². The zero-order chi connectivity index (χ0) is 18.6. The molecule has 6 nitrogen and oxygen atoms in total. The largest absolute Gasteiger partial charge is 0.477 e. The van der Waals surface area contributed by atoms with E-state index in [9.17, 15) is 0 Å². The Morgan fingerprint density at radius 3 is 2.26 bits per heavy atom. The first kappa shape index (κ1) is 17.8. The quantitative estimate of drug-likeness (QED) is 0.596. The lowest BCUT2D eigenvalue weighted by molar-refractivity contribution is 0.276. The molecule has 0 N–H and O–H groups in total. The van der Waals surface area contributed by atoms with E-state index in [2.05, 4.69) is 21.1 Å². The van der Waals surface area contributed by atoms with Gasteiger partial charge >= 0.3 is 0 Å². The average Bonchev–Trinajstić information content (AvgIpc) is 3.14. The van der Waals surface area contributed by atoms with Gasteiger partial charge in [-0.1, -0.05) is 23.7 Å². The fraction of sp³-hybridized carbons (Fsp3) is 0.350. The van der Waals surface area contributed by atoms with E-state index in [-0.39, 0.29) is 0 Å². The van der Waals surface area contributed by atoms with Crippen LogP contribution in [-0.2, 0) is 19.9 Å². The molecule has 27 heavy (non-hydrogen) atoms. The van der Waals surface area contributed by atoms with Crippen LogP contribution < -0.4 is 9.47 Å².